The summed E-state index contributed by atoms with van der Waals surface area (Å²) in [5.41, 5.74) is 0.669. The lowest BCUT2D eigenvalue weighted by Gasteiger charge is -2.13. The van der Waals surface area contributed by atoms with E-state index in [2.05, 4.69) is 23.9 Å². The molecule has 6 nitrogen and oxygen atoms in total. The molecule has 1 aromatic rings. The van der Waals surface area contributed by atoms with Crippen LogP contribution >= 0.6 is 0 Å². The SMILES string of the molecule is Cc1cc(S(=O)(=O)NCC(C)C)ccc1OCC(=O)NCCC(C)C. The van der Waals surface area contributed by atoms with Gasteiger partial charge in [0.1, 0.15) is 5.75 Å². The topological polar surface area (TPSA) is 84.5 Å². The second-order valence-electron chi connectivity index (χ2n) is 6.99. The molecule has 0 unspecified atom stereocenters. The van der Waals surface area contributed by atoms with Gasteiger partial charge in [0.05, 0.1) is 4.90 Å². The number of sulfonamides is 1. The number of ether oxygens (including phenoxy) is 1. The second kappa shape index (κ2) is 9.77. The number of carbonyl (C=O) groups excluding carboxylic acids is 1. The quantitative estimate of drug-likeness (QED) is 0.663. The minimum atomic E-state index is -3.53. The summed E-state index contributed by atoms with van der Waals surface area (Å²) in [5, 5.41) is 2.80. The molecule has 1 rings (SSSR count). The van der Waals surface area contributed by atoms with Gasteiger partial charge in [0.15, 0.2) is 6.61 Å². The molecule has 0 aliphatic heterocycles. The summed E-state index contributed by atoms with van der Waals surface area (Å²) in [7, 11) is -3.53. The number of hydrogen-bond donors (Lipinski definition) is 2. The summed E-state index contributed by atoms with van der Waals surface area (Å²) >= 11 is 0. The first-order valence-corrected chi connectivity index (χ1v) is 10.1. The van der Waals surface area contributed by atoms with Crippen LogP contribution in [0.5, 0.6) is 5.75 Å². The lowest BCUT2D eigenvalue weighted by atomic mass is 10.1. The molecule has 0 fully saturated rings. The van der Waals surface area contributed by atoms with Crippen molar-refractivity contribution in [3.05, 3.63) is 23.8 Å². The van der Waals surface area contributed by atoms with Crippen LogP contribution in [0.1, 0.15) is 39.7 Å². The molecule has 7 heteroatoms. The van der Waals surface area contributed by atoms with E-state index in [0.29, 0.717) is 30.3 Å². The highest BCUT2D eigenvalue weighted by molar-refractivity contribution is 7.89. The molecule has 0 saturated heterocycles. The number of aryl methyl sites for hydroxylation is 1. The zero-order valence-corrected chi connectivity index (χ0v) is 16.6. The minimum absolute atomic E-state index is 0.0867. The molecule has 0 aliphatic carbocycles. The van der Waals surface area contributed by atoms with Crippen molar-refractivity contribution in [2.75, 3.05) is 19.7 Å². The van der Waals surface area contributed by atoms with Gasteiger partial charge in [-0.3, -0.25) is 4.79 Å². The molecule has 0 spiro atoms. The van der Waals surface area contributed by atoms with E-state index in [1.807, 2.05) is 13.8 Å². The van der Waals surface area contributed by atoms with Gasteiger partial charge in [-0.25, -0.2) is 13.1 Å². The van der Waals surface area contributed by atoms with E-state index in [9.17, 15) is 13.2 Å². The predicted octanol–water partition coefficient (Wildman–Crippen LogP) is 2.47. The Morgan fingerprint density at radius 2 is 1.84 bits per heavy atom. The minimum Gasteiger partial charge on any atom is -0.484 e. The molecule has 0 aromatic heterocycles. The fraction of sp³-hybridized carbons (Fsp3) is 0.611. The highest BCUT2D eigenvalue weighted by atomic mass is 32.2. The maximum absolute atomic E-state index is 12.2. The third kappa shape index (κ3) is 7.88. The van der Waals surface area contributed by atoms with Crippen LogP contribution in [-0.4, -0.2) is 34.0 Å². The molecule has 0 aliphatic rings. The van der Waals surface area contributed by atoms with E-state index in [1.165, 1.54) is 6.07 Å². The number of carbonyl (C=O) groups is 1. The van der Waals surface area contributed by atoms with E-state index >= 15 is 0 Å². The van der Waals surface area contributed by atoms with Crippen LogP contribution < -0.4 is 14.8 Å². The Bertz CT molecular complexity index is 670. The molecule has 0 atom stereocenters. The highest BCUT2D eigenvalue weighted by Gasteiger charge is 2.16. The summed E-state index contributed by atoms with van der Waals surface area (Å²) in [6.45, 7) is 10.8. The van der Waals surface area contributed by atoms with Gasteiger partial charge in [-0.1, -0.05) is 27.7 Å². The lowest BCUT2D eigenvalue weighted by Crippen LogP contribution is -2.30. The number of nitrogens with one attached hydrogen (secondary N) is 2. The van der Waals surface area contributed by atoms with Crippen molar-refractivity contribution in [2.45, 2.75) is 45.9 Å². The van der Waals surface area contributed by atoms with Crippen LogP contribution in [0.4, 0.5) is 0 Å². The standard InChI is InChI=1S/C18H30N2O4S/c1-13(2)8-9-19-18(21)12-24-17-7-6-16(10-15(17)5)25(22,23)20-11-14(3)4/h6-7,10,13-14,20H,8-9,11-12H2,1-5H3,(H,19,21). The predicted molar refractivity (Wildman–Crippen MR) is 99.2 cm³/mol. The average Bonchev–Trinajstić information content (AvgIpc) is 2.51. The summed E-state index contributed by atoms with van der Waals surface area (Å²) in [6.07, 6.45) is 0.917. The van der Waals surface area contributed by atoms with Crippen LogP contribution in [0.25, 0.3) is 0 Å². The van der Waals surface area contributed by atoms with Crippen molar-refractivity contribution in [3.8, 4) is 5.75 Å². The molecule has 2 N–H and O–H groups in total. The second-order valence-corrected chi connectivity index (χ2v) is 8.76. The third-order valence-electron chi connectivity index (χ3n) is 3.54. The largest absolute Gasteiger partial charge is 0.484 e. The van der Waals surface area contributed by atoms with Crippen molar-refractivity contribution in [1.82, 2.24) is 10.0 Å². The van der Waals surface area contributed by atoms with Crippen LogP contribution in [0, 0.1) is 18.8 Å². The molecule has 0 saturated carbocycles. The molecule has 0 heterocycles. The van der Waals surface area contributed by atoms with Crippen LogP contribution in [0.3, 0.4) is 0 Å². The number of amides is 1. The lowest BCUT2D eigenvalue weighted by molar-refractivity contribution is -0.123. The average molecular weight is 371 g/mol. The Morgan fingerprint density at radius 1 is 1.16 bits per heavy atom. The van der Waals surface area contributed by atoms with Gasteiger partial charge in [0.25, 0.3) is 5.91 Å². The smallest absolute Gasteiger partial charge is 0.257 e. The maximum Gasteiger partial charge on any atom is 0.257 e. The number of hydrogen-bond acceptors (Lipinski definition) is 4. The first-order chi connectivity index (χ1) is 11.6. The van der Waals surface area contributed by atoms with E-state index in [1.54, 1.807) is 19.1 Å². The van der Waals surface area contributed by atoms with Crippen molar-refractivity contribution >= 4 is 15.9 Å². The van der Waals surface area contributed by atoms with Gasteiger partial charge < -0.3 is 10.1 Å². The highest BCUT2D eigenvalue weighted by Crippen LogP contribution is 2.21. The number of rotatable bonds is 10. The molecule has 25 heavy (non-hydrogen) atoms. The fourth-order valence-corrected chi connectivity index (χ4v) is 3.30. The first-order valence-electron chi connectivity index (χ1n) is 8.61. The Balaban J connectivity index is 2.62. The normalized spacial score (nSPS) is 11.8. The van der Waals surface area contributed by atoms with Gasteiger partial charge in [-0.2, -0.15) is 0 Å². The van der Waals surface area contributed by atoms with Crippen molar-refractivity contribution in [1.29, 1.82) is 0 Å². The van der Waals surface area contributed by atoms with Crippen molar-refractivity contribution < 1.29 is 17.9 Å². The Morgan fingerprint density at radius 3 is 2.40 bits per heavy atom. The number of benzene rings is 1. The van der Waals surface area contributed by atoms with Crippen LogP contribution in [0.15, 0.2) is 23.1 Å². The Kier molecular flexibility index (Phi) is 8.38. The van der Waals surface area contributed by atoms with E-state index in [-0.39, 0.29) is 23.3 Å². The van der Waals surface area contributed by atoms with Gasteiger partial charge in [-0.05, 0) is 48.9 Å². The van der Waals surface area contributed by atoms with Gasteiger partial charge in [-0.15, -0.1) is 0 Å². The maximum atomic E-state index is 12.2. The van der Waals surface area contributed by atoms with Gasteiger partial charge >= 0.3 is 0 Å². The third-order valence-corrected chi connectivity index (χ3v) is 4.96. The molecule has 1 aromatic carbocycles. The summed E-state index contributed by atoms with van der Waals surface area (Å²) in [5.74, 6) is 1.08. The van der Waals surface area contributed by atoms with Crippen molar-refractivity contribution in [2.24, 2.45) is 11.8 Å². The van der Waals surface area contributed by atoms with Gasteiger partial charge in [0, 0.05) is 13.1 Å². The molecule has 0 bridgehead atoms. The van der Waals surface area contributed by atoms with Crippen molar-refractivity contribution in [3.63, 3.8) is 0 Å². The molecule has 0 radical (unpaired) electrons. The molecule has 1 amide bonds. The summed E-state index contributed by atoms with van der Waals surface area (Å²) in [4.78, 5) is 11.9. The fourth-order valence-electron chi connectivity index (χ4n) is 2.01. The first kappa shape index (κ1) is 21.4. The zero-order valence-electron chi connectivity index (χ0n) is 15.8. The molecule has 142 valence electrons. The van der Waals surface area contributed by atoms with E-state index < -0.39 is 10.0 Å². The zero-order chi connectivity index (χ0) is 19.0. The van der Waals surface area contributed by atoms with E-state index in [0.717, 1.165) is 6.42 Å². The van der Waals surface area contributed by atoms with Gasteiger partial charge in [0.2, 0.25) is 10.0 Å². The molecular weight excluding hydrogens is 340 g/mol. The monoisotopic (exact) mass is 370 g/mol. The summed E-state index contributed by atoms with van der Waals surface area (Å²) < 4.78 is 32.5. The van der Waals surface area contributed by atoms with Crippen LogP contribution in [-0.2, 0) is 14.8 Å². The van der Waals surface area contributed by atoms with Crippen LogP contribution in [0.2, 0.25) is 0 Å². The Hall–Kier alpha value is -1.60. The summed E-state index contributed by atoms with van der Waals surface area (Å²) in [6, 6.07) is 4.62. The molecular formula is C18H30N2O4S. The van der Waals surface area contributed by atoms with E-state index in [4.69, 9.17) is 4.74 Å². The Labute approximate surface area is 151 Å².